The van der Waals surface area contributed by atoms with E-state index in [9.17, 15) is 27.5 Å². The molecule has 4 rings (SSSR count). The van der Waals surface area contributed by atoms with E-state index in [0.717, 1.165) is 0 Å². The van der Waals surface area contributed by atoms with E-state index < -0.39 is 30.7 Å². The fourth-order valence-electron chi connectivity index (χ4n) is 3.47. The number of furan rings is 1. The van der Waals surface area contributed by atoms with Gasteiger partial charge in [-0.3, -0.25) is 0 Å². The molecule has 1 aromatic heterocycles. The van der Waals surface area contributed by atoms with Gasteiger partial charge in [0, 0.05) is 12.0 Å². The van der Waals surface area contributed by atoms with E-state index in [0.29, 0.717) is 26.8 Å². The molecule has 4 aromatic rings. The molecule has 5 nitrogen and oxygen atoms in total. The molecule has 1 atom stereocenters. The lowest BCUT2D eigenvalue weighted by Crippen LogP contribution is -2.30. The number of fused-ring (bicyclic) bond motifs is 1. The average molecular weight is 553 g/mol. The maximum absolute atomic E-state index is 13.3. The van der Waals surface area contributed by atoms with Gasteiger partial charge in [0.25, 0.3) is 0 Å². The van der Waals surface area contributed by atoms with Gasteiger partial charge < -0.3 is 19.0 Å². The molecule has 0 aliphatic heterocycles. The van der Waals surface area contributed by atoms with Gasteiger partial charge in [-0.2, -0.15) is 13.2 Å². The molecule has 0 saturated carbocycles. The summed E-state index contributed by atoms with van der Waals surface area (Å²) in [4.78, 5) is 12.0. The lowest BCUT2D eigenvalue weighted by Gasteiger charge is -2.18. The third-order valence-corrected chi connectivity index (χ3v) is 5.80. The quantitative estimate of drug-likeness (QED) is 0.238. The fraction of sp³-hybridized carbons (Fsp3) is 0.160. The summed E-state index contributed by atoms with van der Waals surface area (Å²) < 4.78 is 68.2. The number of carbonyl (C=O) groups is 1. The standard InChI is InChI=1S/C25H17BrF4O5/c26-22-21-18(6-3-7-19(21)35-23(22)14-8-10-16(27)11-9-14)34-20(24(31)32)12-15-4-1-2-5-17(15)33-13-25(28,29)30/h1-11,20H,12-13H2,(H,31,32). The maximum atomic E-state index is 13.3. The summed E-state index contributed by atoms with van der Waals surface area (Å²) in [5.74, 6) is -1.22. The van der Waals surface area contributed by atoms with Crippen LogP contribution in [0.4, 0.5) is 17.6 Å². The molecule has 35 heavy (non-hydrogen) atoms. The SMILES string of the molecule is O=C(O)C(Cc1ccccc1OCC(F)(F)F)Oc1cccc2oc(-c3ccc(F)cc3)c(Br)c12. The predicted octanol–water partition coefficient (Wildman–Crippen LogP) is 7.02. The molecule has 0 saturated heterocycles. The van der Waals surface area contributed by atoms with Crippen LogP contribution in [0.2, 0.25) is 0 Å². The first-order valence-electron chi connectivity index (χ1n) is 10.3. The van der Waals surface area contributed by atoms with Crippen LogP contribution in [-0.2, 0) is 11.2 Å². The zero-order chi connectivity index (χ0) is 25.2. The molecule has 0 amide bonds. The molecule has 1 unspecified atom stereocenters. The smallest absolute Gasteiger partial charge is 0.422 e. The van der Waals surface area contributed by atoms with Crippen molar-refractivity contribution in [3.05, 3.63) is 82.6 Å². The minimum absolute atomic E-state index is 0.0824. The first-order chi connectivity index (χ1) is 16.6. The number of rotatable bonds is 8. The van der Waals surface area contributed by atoms with Crippen LogP contribution in [0.15, 0.2) is 75.6 Å². The van der Waals surface area contributed by atoms with Gasteiger partial charge in [-0.05, 0) is 64.0 Å². The fourth-order valence-corrected chi connectivity index (χ4v) is 4.17. The van der Waals surface area contributed by atoms with Crippen molar-refractivity contribution in [2.24, 2.45) is 0 Å². The number of para-hydroxylation sites is 1. The van der Waals surface area contributed by atoms with Crippen molar-refractivity contribution in [3.63, 3.8) is 0 Å². The van der Waals surface area contributed by atoms with Crippen molar-refractivity contribution in [1.82, 2.24) is 0 Å². The Balaban J connectivity index is 1.64. The Hall–Kier alpha value is -3.53. The molecule has 0 radical (unpaired) electrons. The lowest BCUT2D eigenvalue weighted by molar-refractivity contribution is -0.153. The third-order valence-electron chi connectivity index (χ3n) is 5.04. The monoisotopic (exact) mass is 552 g/mol. The summed E-state index contributed by atoms with van der Waals surface area (Å²) in [5, 5.41) is 10.2. The zero-order valence-corrected chi connectivity index (χ0v) is 19.4. The molecular formula is C25H17BrF4O5. The van der Waals surface area contributed by atoms with Gasteiger partial charge in [0.15, 0.2) is 12.7 Å². The van der Waals surface area contributed by atoms with Crippen LogP contribution in [0.3, 0.4) is 0 Å². The van der Waals surface area contributed by atoms with Crippen molar-refractivity contribution in [1.29, 1.82) is 0 Å². The number of ether oxygens (including phenoxy) is 2. The van der Waals surface area contributed by atoms with Crippen LogP contribution < -0.4 is 9.47 Å². The highest BCUT2D eigenvalue weighted by Crippen LogP contribution is 2.42. The zero-order valence-electron chi connectivity index (χ0n) is 17.8. The first-order valence-corrected chi connectivity index (χ1v) is 11.1. The molecule has 0 fully saturated rings. The number of carboxylic acid groups (broad SMARTS) is 1. The molecule has 1 heterocycles. The van der Waals surface area contributed by atoms with Crippen LogP contribution in [0.5, 0.6) is 11.5 Å². The van der Waals surface area contributed by atoms with Gasteiger partial charge in [0.1, 0.15) is 28.7 Å². The number of benzene rings is 3. The summed E-state index contributed by atoms with van der Waals surface area (Å²) in [6.45, 7) is -1.50. The normalized spacial score (nSPS) is 12.5. The van der Waals surface area contributed by atoms with E-state index in [1.165, 1.54) is 42.5 Å². The van der Waals surface area contributed by atoms with Gasteiger partial charge in [-0.15, -0.1) is 0 Å². The van der Waals surface area contributed by atoms with Crippen LogP contribution in [0.25, 0.3) is 22.3 Å². The molecule has 10 heteroatoms. The van der Waals surface area contributed by atoms with Gasteiger partial charge >= 0.3 is 12.1 Å². The Morgan fingerprint density at radius 3 is 2.37 bits per heavy atom. The van der Waals surface area contributed by atoms with E-state index in [-0.39, 0.29) is 23.5 Å². The Morgan fingerprint density at radius 1 is 1.00 bits per heavy atom. The number of aliphatic carboxylic acids is 1. The van der Waals surface area contributed by atoms with Gasteiger partial charge in [-0.25, -0.2) is 9.18 Å². The van der Waals surface area contributed by atoms with E-state index in [1.807, 2.05) is 0 Å². The van der Waals surface area contributed by atoms with E-state index in [1.54, 1.807) is 24.3 Å². The molecular weight excluding hydrogens is 536 g/mol. The Kier molecular flexibility index (Phi) is 7.02. The van der Waals surface area contributed by atoms with E-state index in [2.05, 4.69) is 15.9 Å². The van der Waals surface area contributed by atoms with Crippen molar-refractivity contribution in [3.8, 4) is 22.8 Å². The first kappa shape index (κ1) is 24.6. The van der Waals surface area contributed by atoms with Crippen LogP contribution in [0, 0.1) is 5.82 Å². The molecule has 182 valence electrons. The third kappa shape index (κ3) is 5.76. The van der Waals surface area contributed by atoms with Crippen molar-refractivity contribution in [2.75, 3.05) is 6.61 Å². The second kappa shape index (κ2) is 9.99. The topological polar surface area (TPSA) is 68.9 Å². The van der Waals surface area contributed by atoms with Crippen LogP contribution in [0.1, 0.15) is 5.56 Å². The minimum atomic E-state index is -4.54. The summed E-state index contributed by atoms with van der Waals surface area (Å²) in [6, 6.07) is 16.3. The van der Waals surface area contributed by atoms with Crippen LogP contribution in [-0.4, -0.2) is 30.0 Å². The molecule has 1 N–H and O–H groups in total. The Labute approximate surface area is 205 Å². The lowest BCUT2D eigenvalue weighted by atomic mass is 10.1. The largest absolute Gasteiger partial charge is 0.484 e. The van der Waals surface area contributed by atoms with Crippen molar-refractivity contribution >= 4 is 32.9 Å². The predicted molar refractivity (Wildman–Crippen MR) is 123 cm³/mol. The highest BCUT2D eigenvalue weighted by molar-refractivity contribution is 9.10. The van der Waals surface area contributed by atoms with Gasteiger partial charge in [-0.1, -0.05) is 24.3 Å². The summed E-state index contributed by atoms with van der Waals surface area (Å²) >= 11 is 3.46. The summed E-state index contributed by atoms with van der Waals surface area (Å²) in [6.07, 6.45) is -6.23. The number of carboxylic acids is 1. The van der Waals surface area contributed by atoms with Crippen molar-refractivity contribution < 1.29 is 41.4 Å². The number of hydrogen-bond acceptors (Lipinski definition) is 4. The van der Waals surface area contributed by atoms with E-state index >= 15 is 0 Å². The second-order valence-corrected chi connectivity index (χ2v) is 8.33. The average Bonchev–Trinajstić information content (AvgIpc) is 3.15. The summed E-state index contributed by atoms with van der Waals surface area (Å²) in [7, 11) is 0. The van der Waals surface area contributed by atoms with Gasteiger partial charge in [0.05, 0.1) is 9.86 Å². The Bertz CT molecular complexity index is 1350. The minimum Gasteiger partial charge on any atom is -0.484 e. The highest BCUT2D eigenvalue weighted by atomic mass is 79.9. The molecule has 0 bridgehead atoms. The summed E-state index contributed by atoms with van der Waals surface area (Å²) in [5.41, 5.74) is 1.23. The maximum Gasteiger partial charge on any atom is 0.422 e. The number of alkyl halides is 3. The Morgan fingerprint density at radius 2 is 1.69 bits per heavy atom. The molecule has 0 aliphatic carbocycles. The van der Waals surface area contributed by atoms with Crippen molar-refractivity contribution in [2.45, 2.75) is 18.7 Å². The molecule has 0 spiro atoms. The van der Waals surface area contributed by atoms with Crippen LogP contribution >= 0.6 is 15.9 Å². The van der Waals surface area contributed by atoms with E-state index in [4.69, 9.17) is 13.9 Å². The molecule has 3 aromatic carbocycles. The highest BCUT2D eigenvalue weighted by Gasteiger charge is 2.30. The number of halogens is 5. The number of hydrogen-bond donors (Lipinski definition) is 1. The second-order valence-electron chi connectivity index (χ2n) is 7.54. The van der Waals surface area contributed by atoms with Gasteiger partial charge in [0.2, 0.25) is 0 Å². The molecule has 0 aliphatic rings.